The summed E-state index contributed by atoms with van der Waals surface area (Å²) in [5, 5.41) is 7.76. The normalized spacial score (nSPS) is 48.6. The molecule has 5 rings (SSSR count). The van der Waals surface area contributed by atoms with Crippen LogP contribution in [-0.2, 0) is 9.63 Å². The molecule has 0 aromatic heterocycles. The standard InChI is InChI=1S/C23H34N2O2/c1-14-10-15-11-16(25-27-17-12-24-13-17)6-8-22(15,2)19-7-9-23(3)18(21(14)19)4-5-20(23)26/h15,17-19,21,24H,1,4-13H2,2-3H3/t15?,18-,19-,21-,22-,23-/m0/s1. The third kappa shape index (κ3) is 2.58. The molecule has 1 aliphatic heterocycles. The Hall–Kier alpha value is -1.16. The van der Waals surface area contributed by atoms with Gasteiger partial charge in [-0.25, -0.2) is 0 Å². The Morgan fingerprint density at radius 2 is 1.93 bits per heavy atom. The van der Waals surface area contributed by atoms with Gasteiger partial charge in [-0.05, 0) is 74.0 Å². The Kier molecular flexibility index (Phi) is 4.09. The SMILES string of the molecule is C=C1CC2CC(=NOC3CNC3)CC[C@]2(C)[C@H]2CC[C@]3(C)C(=O)CC[C@H]3[C@H]12. The first kappa shape index (κ1) is 17.9. The van der Waals surface area contributed by atoms with Crippen molar-refractivity contribution in [3.63, 3.8) is 0 Å². The average molecular weight is 371 g/mol. The fourth-order valence-electron chi connectivity index (χ4n) is 7.27. The lowest BCUT2D eigenvalue weighted by Gasteiger charge is -2.60. The topological polar surface area (TPSA) is 50.7 Å². The van der Waals surface area contributed by atoms with Crippen molar-refractivity contribution in [1.82, 2.24) is 5.32 Å². The molecule has 5 fully saturated rings. The summed E-state index contributed by atoms with van der Waals surface area (Å²) in [5.41, 5.74) is 2.99. The van der Waals surface area contributed by atoms with Crippen molar-refractivity contribution in [3.8, 4) is 0 Å². The number of nitrogens with one attached hydrogen (secondary N) is 1. The van der Waals surface area contributed by atoms with Gasteiger partial charge in [-0.2, -0.15) is 0 Å². The largest absolute Gasteiger partial charge is 0.390 e. The van der Waals surface area contributed by atoms with E-state index in [1.54, 1.807) is 0 Å². The highest BCUT2D eigenvalue weighted by Crippen LogP contribution is 2.66. The van der Waals surface area contributed by atoms with E-state index in [-0.39, 0.29) is 11.5 Å². The lowest BCUT2D eigenvalue weighted by molar-refractivity contribution is -0.133. The number of allylic oxidation sites excluding steroid dienone is 1. The molecule has 0 amide bonds. The molecule has 0 bridgehead atoms. The van der Waals surface area contributed by atoms with Crippen LogP contribution < -0.4 is 5.32 Å². The van der Waals surface area contributed by atoms with Crippen LogP contribution in [0.5, 0.6) is 0 Å². The van der Waals surface area contributed by atoms with Gasteiger partial charge in [-0.15, -0.1) is 0 Å². The number of oxime groups is 1. The van der Waals surface area contributed by atoms with Gasteiger partial charge >= 0.3 is 0 Å². The van der Waals surface area contributed by atoms with Gasteiger partial charge in [-0.3, -0.25) is 4.79 Å². The highest BCUT2D eigenvalue weighted by atomic mass is 16.6. The van der Waals surface area contributed by atoms with Crippen LogP contribution in [-0.4, -0.2) is 30.7 Å². The lowest BCUT2D eigenvalue weighted by atomic mass is 9.44. The molecule has 1 N–H and O–H groups in total. The van der Waals surface area contributed by atoms with Crippen molar-refractivity contribution in [3.05, 3.63) is 12.2 Å². The number of carbonyl (C=O) groups is 1. The second kappa shape index (κ2) is 6.17. The summed E-state index contributed by atoms with van der Waals surface area (Å²) < 4.78 is 0. The van der Waals surface area contributed by atoms with Crippen LogP contribution in [0.25, 0.3) is 0 Å². The van der Waals surface area contributed by atoms with Crippen LogP contribution >= 0.6 is 0 Å². The Morgan fingerprint density at radius 3 is 2.67 bits per heavy atom. The Labute approximate surface area is 163 Å². The van der Waals surface area contributed by atoms with E-state index in [1.807, 2.05) is 0 Å². The third-order valence-electron chi connectivity index (χ3n) is 9.25. The first-order chi connectivity index (χ1) is 12.9. The van der Waals surface area contributed by atoms with Crippen LogP contribution in [0.3, 0.4) is 0 Å². The van der Waals surface area contributed by atoms with E-state index >= 15 is 0 Å². The minimum absolute atomic E-state index is 0.0702. The predicted molar refractivity (Wildman–Crippen MR) is 106 cm³/mol. The molecule has 5 aliphatic rings. The van der Waals surface area contributed by atoms with Crippen molar-refractivity contribution in [1.29, 1.82) is 0 Å². The zero-order valence-corrected chi connectivity index (χ0v) is 16.9. The molecule has 27 heavy (non-hydrogen) atoms. The summed E-state index contributed by atoms with van der Waals surface area (Å²) in [4.78, 5) is 18.3. The number of Topliss-reactive ketones (excluding diaryl/α,β-unsaturated/α-hetero) is 1. The molecule has 6 atom stereocenters. The molecule has 1 heterocycles. The fraction of sp³-hybridized carbons (Fsp3) is 0.826. The zero-order chi connectivity index (χ0) is 18.8. The van der Waals surface area contributed by atoms with Gasteiger partial charge in [0.1, 0.15) is 5.78 Å². The zero-order valence-electron chi connectivity index (χ0n) is 16.9. The van der Waals surface area contributed by atoms with Crippen molar-refractivity contribution < 1.29 is 9.63 Å². The van der Waals surface area contributed by atoms with E-state index in [0.717, 1.165) is 51.6 Å². The van der Waals surface area contributed by atoms with Gasteiger partial charge in [0, 0.05) is 24.9 Å². The second-order valence-electron chi connectivity index (χ2n) is 10.5. The van der Waals surface area contributed by atoms with Gasteiger partial charge in [0.2, 0.25) is 0 Å². The van der Waals surface area contributed by atoms with Crippen LogP contribution in [0, 0.1) is 34.5 Å². The molecule has 0 radical (unpaired) electrons. The monoisotopic (exact) mass is 370 g/mol. The van der Waals surface area contributed by atoms with Gasteiger partial charge in [0.25, 0.3) is 0 Å². The first-order valence-electron chi connectivity index (χ1n) is 11.0. The van der Waals surface area contributed by atoms with Crippen LogP contribution in [0.15, 0.2) is 17.3 Å². The quantitative estimate of drug-likeness (QED) is 0.588. The lowest BCUT2D eigenvalue weighted by Crippen LogP contribution is -2.54. The Morgan fingerprint density at radius 1 is 1.11 bits per heavy atom. The maximum Gasteiger partial charge on any atom is 0.152 e. The van der Waals surface area contributed by atoms with E-state index in [1.165, 1.54) is 24.1 Å². The summed E-state index contributed by atoms with van der Waals surface area (Å²) >= 11 is 0. The highest BCUT2D eigenvalue weighted by molar-refractivity contribution is 5.87. The molecule has 4 heteroatoms. The molecular weight excluding hydrogens is 336 g/mol. The minimum Gasteiger partial charge on any atom is -0.390 e. The molecule has 0 spiro atoms. The molecule has 4 nitrogen and oxygen atoms in total. The number of fused-ring (bicyclic) bond motifs is 5. The fourth-order valence-corrected chi connectivity index (χ4v) is 7.27. The van der Waals surface area contributed by atoms with E-state index in [2.05, 4.69) is 30.9 Å². The molecule has 4 saturated carbocycles. The van der Waals surface area contributed by atoms with Crippen molar-refractivity contribution in [2.75, 3.05) is 13.1 Å². The number of hydrogen-bond acceptors (Lipinski definition) is 4. The maximum atomic E-state index is 12.6. The average Bonchev–Trinajstić information content (AvgIpc) is 2.90. The van der Waals surface area contributed by atoms with E-state index in [0.29, 0.717) is 34.9 Å². The summed E-state index contributed by atoms with van der Waals surface area (Å²) in [6, 6.07) is 0. The van der Waals surface area contributed by atoms with Gasteiger partial charge in [0.15, 0.2) is 6.10 Å². The number of carbonyl (C=O) groups excluding carboxylic acids is 1. The molecule has 148 valence electrons. The Bertz CT molecular complexity index is 696. The minimum atomic E-state index is -0.0702. The van der Waals surface area contributed by atoms with Gasteiger partial charge in [0.05, 0.1) is 5.71 Å². The molecule has 0 aromatic rings. The van der Waals surface area contributed by atoms with Crippen molar-refractivity contribution in [2.45, 2.75) is 71.3 Å². The van der Waals surface area contributed by atoms with E-state index in [4.69, 9.17) is 4.84 Å². The summed E-state index contributed by atoms with van der Waals surface area (Å²) in [7, 11) is 0. The number of nitrogens with zero attached hydrogens (tertiary/aromatic N) is 1. The van der Waals surface area contributed by atoms with E-state index < -0.39 is 0 Å². The van der Waals surface area contributed by atoms with Crippen molar-refractivity contribution in [2.24, 2.45) is 39.7 Å². The number of rotatable bonds is 2. The van der Waals surface area contributed by atoms with E-state index in [9.17, 15) is 4.79 Å². The van der Waals surface area contributed by atoms with Crippen LogP contribution in [0.2, 0.25) is 0 Å². The second-order valence-corrected chi connectivity index (χ2v) is 10.5. The summed E-state index contributed by atoms with van der Waals surface area (Å²) in [6.07, 6.45) is 8.92. The molecule has 0 aromatic carbocycles. The van der Waals surface area contributed by atoms with Crippen LogP contribution in [0.4, 0.5) is 0 Å². The van der Waals surface area contributed by atoms with Gasteiger partial charge in [-0.1, -0.05) is 31.2 Å². The number of ketones is 1. The molecule has 1 unspecified atom stereocenters. The summed E-state index contributed by atoms with van der Waals surface area (Å²) in [6.45, 7) is 11.2. The first-order valence-corrected chi connectivity index (χ1v) is 11.0. The molecular formula is C23H34N2O2. The van der Waals surface area contributed by atoms with Crippen LogP contribution in [0.1, 0.15) is 65.2 Å². The smallest absolute Gasteiger partial charge is 0.152 e. The predicted octanol–water partition coefficient (Wildman–Crippen LogP) is 4.11. The number of hydrogen-bond donors (Lipinski definition) is 1. The Balaban J connectivity index is 1.37. The molecule has 4 aliphatic carbocycles. The summed E-state index contributed by atoms with van der Waals surface area (Å²) in [5.74, 6) is 2.96. The highest BCUT2D eigenvalue weighted by Gasteiger charge is 2.61. The maximum absolute atomic E-state index is 12.6. The van der Waals surface area contributed by atoms with Gasteiger partial charge < -0.3 is 10.2 Å². The third-order valence-corrected chi connectivity index (χ3v) is 9.25. The van der Waals surface area contributed by atoms with Crippen molar-refractivity contribution >= 4 is 11.5 Å². The molecule has 1 saturated heterocycles.